The number of benzene rings is 5. The summed E-state index contributed by atoms with van der Waals surface area (Å²) in [5, 5.41) is 0. The van der Waals surface area contributed by atoms with Gasteiger partial charge < -0.3 is 0 Å². The molecule has 0 N–H and O–H groups in total. The van der Waals surface area contributed by atoms with Gasteiger partial charge in [-0.3, -0.25) is 0 Å². The number of alkyl halides is 11. The van der Waals surface area contributed by atoms with Crippen LogP contribution in [0.3, 0.4) is 0 Å². The normalized spacial score (nSPS) is 11.2. The first-order valence-corrected chi connectivity index (χ1v) is 15.5. The fourth-order valence-electron chi connectivity index (χ4n) is 4.26. The van der Waals surface area contributed by atoms with Crippen LogP contribution >= 0.6 is 0 Å². The average Bonchev–Trinajstić information content (AvgIpc) is 3.05. The lowest BCUT2D eigenvalue weighted by Gasteiger charge is -2.12. The Hall–Kier alpha value is -4.81. The van der Waals surface area contributed by atoms with Crippen molar-refractivity contribution in [1.29, 1.82) is 0 Å². The van der Waals surface area contributed by atoms with Gasteiger partial charge in [-0.15, -0.1) is 0 Å². The summed E-state index contributed by atoms with van der Waals surface area (Å²) in [6, 6.07) is 28.2. The SMILES string of the molecule is CC(F)(F)c1ccccc1F.Cc1ccccc1C(C)(F)F.Cc1ccccc1C(F)(F)F.Cc1ccccc1C(F)F.Fc1ccccc1C(F)F. The molecule has 0 bridgehead atoms. The number of hydrogen-bond donors (Lipinski definition) is 0. The predicted molar refractivity (Wildman–Crippen MR) is 180 cm³/mol. The van der Waals surface area contributed by atoms with Crippen LogP contribution < -0.4 is 0 Å². The van der Waals surface area contributed by atoms with Crippen molar-refractivity contribution < 1.29 is 57.1 Å². The molecule has 5 aromatic carbocycles. The Labute approximate surface area is 299 Å². The molecule has 0 aliphatic carbocycles. The molecule has 0 saturated heterocycles. The van der Waals surface area contributed by atoms with Gasteiger partial charge in [-0.05, 0) is 55.7 Å². The van der Waals surface area contributed by atoms with Crippen molar-refractivity contribution in [1.82, 2.24) is 0 Å². The van der Waals surface area contributed by atoms with Crippen LogP contribution in [0.15, 0.2) is 121 Å². The van der Waals surface area contributed by atoms with Crippen LogP contribution in [0.1, 0.15) is 71.2 Å². The molecule has 0 aromatic heterocycles. The van der Waals surface area contributed by atoms with Gasteiger partial charge in [0.05, 0.1) is 16.7 Å². The van der Waals surface area contributed by atoms with Crippen LogP contribution in [0.2, 0.25) is 0 Å². The smallest absolute Gasteiger partial charge is 0.206 e. The number of rotatable bonds is 4. The Morgan fingerprint density at radius 3 is 0.943 bits per heavy atom. The number of hydrogen-bond acceptors (Lipinski definition) is 0. The molecular weight excluding hydrogens is 727 g/mol. The van der Waals surface area contributed by atoms with Gasteiger partial charge in [0.1, 0.15) is 11.6 Å². The predicted octanol–water partition coefficient (Wildman–Crippen LogP) is 14.8. The molecule has 0 radical (unpaired) electrons. The van der Waals surface area contributed by atoms with Crippen molar-refractivity contribution in [2.45, 2.75) is 65.5 Å². The third-order valence-electron chi connectivity index (χ3n) is 6.98. The summed E-state index contributed by atoms with van der Waals surface area (Å²) in [6.07, 6.45) is -9.28. The minimum Gasteiger partial charge on any atom is -0.206 e. The van der Waals surface area contributed by atoms with Crippen molar-refractivity contribution in [3.8, 4) is 0 Å². The number of halogens is 13. The monoisotopic (exact) mass is 764 g/mol. The van der Waals surface area contributed by atoms with Crippen molar-refractivity contribution in [2.24, 2.45) is 0 Å². The van der Waals surface area contributed by atoms with Crippen LogP contribution in [-0.2, 0) is 18.0 Å². The molecule has 0 amide bonds. The molecule has 0 fully saturated rings. The van der Waals surface area contributed by atoms with Crippen LogP contribution in [0, 0.1) is 32.4 Å². The molecule has 0 atom stereocenters. The first-order valence-electron chi connectivity index (χ1n) is 15.5. The van der Waals surface area contributed by atoms with E-state index in [1.807, 2.05) is 0 Å². The summed E-state index contributed by atoms with van der Waals surface area (Å²) in [4.78, 5) is 0. The Morgan fingerprint density at radius 2 is 0.698 bits per heavy atom. The molecule has 0 saturated carbocycles. The van der Waals surface area contributed by atoms with Crippen LogP contribution in [0.25, 0.3) is 0 Å². The van der Waals surface area contributed by atoms with Gasteiger partial charge >= 0.3 is 6.18 Å². The highest BCUT2D eigenvalue weighted by molar-refractivity contribution is 5.29. The molecule has 0 spiro atoms. The average molecular weight is 765 g/mol. The maximum Gasteiger partial charge on any atom is 0.416 e. The third-order valence-corrected chi connectivity index (χ3v) is 6.98. The third kappa shape index (κ3) is 16.6. The Morgan fingerprint density at radius 1 is 0.377 bits per heavy atom. The van der Waals surface area contributed by atoms with E-state index >= 15 is 0 Å². The molecule has 0 heterocycles. The van der Waals surface area contributed by atoms with E-state index < -0.39 is 59.2 Å². The lowest BCUT2D eigenvalue weighted by molar-refractivity contribution is -0.138. The Kier molecular flexibility index (Phi) is 18.3. The molecule has 5 aromatic rings. The molecule has 288 valence electrons. The van der Waals surface area contributed by atoms with E-state index in [2.05, 4.69) is 0 Å². The van der Waals surface area contributed by atoms with Crippen molar-refractivity contribution in [2.75, 3.05) is 0 Å². The van der Waals surface area contributed by atoms with E-state index in [-0.39, 0.29) is 16.7 Å². The van der Waals surface area contributed by atoms with Crippen LogP contribution in [0.4, 0.5) is 57.1 Å². The van der Waals surface area contributed by atoms with Gasteiger partial charge in [0.25, 0.3) is 24.7 Å². The second-order valence-corrected chi connectivity index (χ2v) is 11.4. The van der Waals surface area contributed by atoms with Crippen LogP contribution in [-0.4, -0.2) is 0 Å². The zero-order valence-electron chi connectivity index (χ0n) is 29.1. The maximum absolute atomic E-state index is 12.7. The molecule has 13 heteroatoms. The van der Waals surface area contributed by atoms with Crippen molar-refractivity contribution >= 4 is 0 Å². The topological polar surface area (TPSA) is 0 Å². The summed E-state index contributed by atoms with van der Waals surface area (Å²) in [6.45, 7) is 6.40. The van der Waals surface area contributed by atoms with E-state index in [0.717, 1.165) is 37.3 Å². The van der Waals surface area contributed by atoms with Crippen LogP contribution in [0.5, 0.6) is 0 Å². The minimum absolute atomic E-state index is 0.111. The number of aryl methyl sites for hydroxylation is 3. The summed E-state index contributed by atoms with van der Waals surface area (Å²) >= 11 is 0. The Bertz CT molecular complexity index is 1620. The van der Waals surface area contributed by atoms with E-state index in [1.165, 1.54) is 55.5 Å². The first-order chi connectivity index (χ1) is 24.5. The summed E-state index contributed by atoms with van der Waals surface area (Å²) in [7, 11) is 0. The summed E-state index contributed by atoms with van der Waals surface area (Å²) in [5.41, 5.74) is 0.141. The van der Waals surface area contributed by atoms with E-state index in [1.54, 1.807) is 56.3 Å². The molecule has 5 rings (SSSR count). The zero-order chi connectivity index (χ0) is 40.6. The fraction of sp³-hybridized carbons (Fsp3) is 0.250. The quantitative estimate of drug-likeness (QED) is 0.160. The zero-order valence-corrected chi connectivity index (χ0v) is 29.1. The van der Waals surface area contributed by atoms with E-state index in [4.69, 9.17) is 0 Å². The molecule has 0 nitrogen and oxygen atoms in total. The summed E-state index contributed by atoms with van der Waals surface area (Å²) in [5.74, 6) is -7.52. The standard InChI is InChI=1S/C9H10F2.2C8H7F3.C8H8F2.C7H5F3/c1-7-5-3-4-6-8(7)9(2,10)11;1-8(10,11)6-4-2-3-5-7(6)9;1-6-4-2-3-5-7(6)8(9,10)11;1-6-4-2-3-5-7(6)8(9)10;8-6-4-2-1-3-5(6)7(9)10/h3-6H,1-2H3;2*2-5H,1H3;2-5,8H,1H3;1-4,7H. The first kappa shape index (κ1) is 46.2. The molecule has 53 heavy (non-hydrogen) atoms. The van der Waals surface area contributed by atoms with Gasteiger partial charge in [-0.1, -0.05) is 103 Å². The lowest BCUT2D eigenvalue weighted by atomic mass is 10.0. The second kappa shape index (κ2) is 21.0. The minimum atomic E-state index is -4.22. The van der Waals surface area contributed by atoms with Gasteiger partial charge in [-0.2, -0.15) is 13.2 Å². The molecular formula is C40H37F13. The van der Waals surface area contributed by atoms with Gasteiger partial charge in [-0.25, -0.2) is 43.9 Å². The van der Waals surface area contributed by atoms with Crippen molar-refractivity contribution in [3.05, 3.63) is 177 Å². The largest absolute Gasteiger partial charge is 0.416 e. The maximum atomic E-state index is 12.7. The highest BCUT2D eigenvalue weighted by atomic mass is 19.4. The highest BCUT2D eigenvalue weighted by Crippen LogP contribution is 2.32. The van der Waals surface area contributed by atoms with E-state index in [9.17, 15) is 57.1 Å². The van der Waals surface area contributed by atoms with Gasteiger partial charge in [0, 0.05) is 25.0 Å². The second-order valence-electron chi connectivity index (χ2n) is 11.4. The summed E-state index contributed by atoms with van der Waals surface area (Å²) < 4.78 is 159. The Balaban J connectivity index is 0.000000331. The molecule has 0 unspecified atom stereocenters. The highest BCUT2D eigenvalue weighted by Gasteiger charge is 2.31. The molecule has 0 aliphatic heterocycles. The van der Waals surface area contributed by atoms with Crippen molar-refractivity contribution in [3.63, 3.8) is 0 Å². The lowest BCUT2D eigenvalue weighted by Crippen LogP contribution is -2.09. The van der Waals surface area contributed by atoms with Gasteiger partial charge in [0.2, 0.25) is 0 Å². The van der Waals surface area contributed by atoms with E-state index in [0.29, 0.717) is 18.1 Å². The fourth-order valence-corrected chi connectivity index (χ4v) is 4.26. The molecule has 0 aliphatic rings. The van der Waals surface area contributed by atoms with Gasteiger partial charge in [0.15, 0.2) is 0 Å².